The summed E-state index contributed by atoms with van der Waals surface area (Å²) in [6.45, 7) is 25.7. The Labute approximate surface area is 598 Å². The molecule has 8 heteroatoms. The fourth-order valence-corrected chi connectivity index (χ4v) is 9.47. The molecular formula is C86H84HfN2O4Zr-3. The molecule has 0 saturated carbocycles. The molecule has 0 spiro atoms. The van der Waals surface area contributed by atoms with Crippen LogP contribution in [0.2, 0.25) is 0 Å². The van der Waals surface area contributed by atoms with Crippen molar-refractivity contribution in [3.05, 3.63) is 386 Å². The van der Waals surface area contributed by atoms with Gasteiger partial charge in [-0.05, 0) is 75.9 Å². The fourth-order valence-electron chi connectivity index (χ4n) is 9.47. The van der Waals surface area contributed by atoms with Gasteiger partial charge in [0.1, 0.15) is 23.0 Å². The first-order valence-corrected chi connectivity index (χ1v) is 31.0. The van der Waals surface area contributed by atoms with Gasteiger partial charge in [-0.3, -0.25) is 0 Å². The Morgan fingerprint density at radius 1 is 0.309 bits per heavy atom. The second kappa shape index (κ2) is 42.0. The Balaban J connectivity index is 0.000000237. The summed E-state index contributed by atoms with van der Waals surface area (Å²) in [5.41, 5.74) is 17.9. The van der Waals surface area contributed by atoms with Gasteiger partial charge in [0, 0.05) is 59.2 Å². The quantitative estimate of drug-likeness (QED) is 0.0573. The molecule has 0 fully saturated rings. The average Bonchev–Trinajstić information content (AvgIpc) is 0.806. The molecule has 0 aliphatic rings. The molecule has 0 aliphatic heterocycles. The third-order valence-electron chi connectivity index (χ3n) is 14.4. The van der Waals surface area contributed by atoms with Crippen molar-refractivity contribution in [3.63, 3.8) is 0 Å². The summed E-state index contributed by atoms with van der Waals surface area (Å²) in [5, 5.41) is 31.5. The maximum absolute atomic E-state index is 11.1. The Bertz CT molecular complexity index is 3700. The standard InChI is InChI=1S/2C29H28NO2.4C7H7.Hf.Zr/c2*1-21-16-17-28(32-19-9-18-30-27-15-7-6-10-22(27)2)26(20-21)25-14-8-13-24(29(25)31)23-11-4-3-5-12-23;4*1-7-5-3-2-4-6-7;;/h2*3-8,10-17,20,31H,9,18-19H2,1-2H3;4*2-6H,1H2;;/q6*-1;;+3. The van der Waals surface area contributed by atoms with E-state index < -0.39 is 0 Å². The molecule has 0 unspecified atom stereocenters. The molecular weight excluding hydrogens is 1390 g/mol. The number of benzene rings is 12. The van der Waals surface area contributed by atoms with Crippen LogP contribution in [-0.2, 0) is 52.0 Å². The van der Waals surface area contributed by atoms with E-state index in [4.69, 9.17) is 9.47 Å². The number of rotatable bonds is 16. The summed E-state index contributed by atoms with van der Waals surface area (Å²) in [7, 11) is 0. The van der Waals surface area contributed by atoms with Gasteiger partial charge in [0.2, 0.25) is 0 Å². The van der Waals surface area contributed by atoms with Gasteiger partial charge in [-0.1, -0.05) is 204 Å². The normalized spacial score (nSPS) is 9.83. The van der Waals surface area contributed by atoms with Gasteiger partial charge in [-0.25, -0.2) is 0 Å². The van der Waals surface area contributed by atoms with Crippen LogP contribution >= 0.6 is 0 Å². The van der Waals surface area contributed by atoms with Crippen molar-refractivity contribution in [2.75, 3.05) is 26.3 Å². The van der Waals surface area contributed by atoms with E-state index in [1.807, 2.05) is 293 Å². The van der Waals surface area contributed by atoms with Crippen LogP contribution in [0.5, 0.6) is 23.0 Å². The van der Waals surface area contributed by atoms with Crippen LogP contribution in [0.15, 0.2) is 303 Å². The van der Waals surface area contributed by atoms with Crippen LogP contribution in [-0.4, -0.2) is 36.5 Å². The van der Waals surface area contributed by atoms with Gasteiger partial charge >= 0.3 is 26.2 Å². The van der Waals surface area contributed by atoms with E-state index in [1.54, 1.807) is 0 Å². The van der Waals surface area contributed by atoms with Gasteiger partial charge in [0.05, 0.1) is 13.2 Å². The number of phenols is 2. The minimum Gasteiger partial charge on any atom is -0.684 e. The number of aryl methyl sites for hydroxylation is 4. The molecule has 0 bridgehead atoms. The second-order valence-electron chi connectivity index (χ2n) is 21.8. The Morgan fingerprint density at radius 3 is 0.872 bits per heavy atom. The van der Waals surface area contributed by atoms with Crippen molar-refractivity contribution in [1.82, 2.24) is 0 Å². The van der Waals surface area contributed by atoms with E-state index in [0.717, 1.165) is 114 Å². The van der Waals surface area contributed by atoms with E-state index in [1.165, 1.54) is 11.1 Å². The third-order valence-corrected chi connectivity index (χ3v) is 14.4. The Hall–Kier alpha value is -9.33. The van der Waals surface area contributed by atoms with Gasteiger partial charge in [-0.15, -0.1) is 73.0 Å². The number of aromatic hydroxyl groups is 2. The number of ether oxygens (including phenoxy) is 2. The van der Waals surface area contributed by atoms with Crippen LogP contribution < -0.4 is 9.47 Å². The smallest absolute Gasteiger partial charge is 0.684 e. The first-order valence-electron chi connectivity index (χ1n) is 31.0. The first-order chi connectivity index (χ1) is 44.8. The molecule has 0 aliphatic carbocycles. The van der Waals surface area contributed by atoms with Crippen molar-refractivity contribution < 1.29 is 71.7 Å². The minimum atomic E-state index is 0. The average molecular weight is 1480 g/mol. The molecule has 0 saturated heterocycles. The molecule has 0 amide bonds. The van der Waals surface area contributed by atoms with E-state index in [2.05, 4.69) is 76.4 Å². The zero-order chi connectivity index (χ0) is 65.1. The number of hydrogen-bond donors (Lipinski definition) is 2. The van der Waals surface area contributed by atoms with Crippen molar-refractivity contribution >= 4 is 11.4 Å². The van der Waals surface area contributed by atoms with Crippen molar-refractivity contribution in [1.29, 1.82) is 0 Å². The number of para-hydroxylation sites is 4. The Morgan fingerprint density at radius 2 is 0.585 bits per heavy atom. The molecule has 12 aromatic carbocycles. The summed E-state index contributed by atoms with van der Waals surface area (Å²) in [4.78, 5) is 0. The van der Waals surface area contributed by atoms with Crippen LogP contribution in [0, 0.1) is 55.4 Å². The van der Waals surface area contributed by atoms with Crippen LogP contribution in [0.25, 0.3) is 55.1 Å². The monoisotopic (exact) mass is 1480 g/mol. The molecule has 0 aromatic heterocycles. The topological polar surface area (TPSA) is 87.1 Å². The molecule has 12 rings (SSSR count). The number of hydrogen-bond acceptors (Lipinski definition) is 4. The van der Waals surface area contributed by atoms with E-state index in [9.17, 15) is 10.2 Å². The van der Waals surface area contributed by atoms with Crippen LogP contribution in [0.1, 0.15) is 57.3 Å². The summed E-state index contributed by atoms with van der Waals surface area (Å²) in [5.74, 6) is 2.08. The molecule has 473 valence electrons. The first kappa shape index (κ1) is 75.4. The maximum Gasteiger partial charge on any atom is 3.00 e. The van der Waals surface area contributed by atoms with Gasteiger partial charge < -0.3 is 30.3 Å². The van der Waals surface area contributed by atoms with Gasteiger partial charge in [0.15, 0.2) is 0 Å². The van der Waals surface area contributed by atoms with Crippen molar-refractivity contribution in [2.45, 2.75) is 40.5 Å². The number of nitrogens with zero attached hydrogens (tertiary/aromatic N) is 2. The van der Waals surface area contributed by atoms with Crippen molar-refractivity contribution in [3.8, 4) is 67.5 Å². The number of phenolic OH excluding ortho intramolecular Hbond substituents is 2. The SMILES string of the molecule is Cc1ccc(OCCC[N-]c2ccccc2C)c(-c2cccc(-c3ccccc3)c2O)c1.Cc1ccc(OCCC[N-]c2ccccc2C)c(-c2cccc(-c3ccccc3)c2O)c1.[CH2-]c1ccccc1.[CH2-]c1ccccc1.[CH2-]c1ccccc1.[CH2-]c1ccccc1.[Hf].[Zr+3]. The molecule has 6 nitrogen and oxygen atoms in total. The zero-order valence-corrected chi connectivity index (χ0v) is 60.6. The third kappa shape index (κ3) is 25.6. The van der Waals surface area contributed by atoms with Crippen LogP contribution in [0.3, 0.4) is 0 Å². The second-order valence-corrected chi connectivity index (χ2v) is 21.8. The summed E-state index contributed by atoms with van der Waals surface area (Å²) in [6.07, 6.45) is 1.63. The summed E-state index contributed by atoms with van der Waals surface area (Å²) < 4.78 is 12.3. The predicted octanol–water partition coefficient (Wildman–Crippen LogP) is 23.1. The van der Waals surface area contributed by atoms with E-state index in [-0.39, 0.29) is 63.5 Å². The summed E-state index contributed by atoms with van der Waals surface area (Å²) in [6, 6.07) is 99.6. The largest absolute Gasteiger partial charge is 3.00 e. The fraction of sp³-hybridized carbons (Fsp3) is 0.116. The van der Waals surface area contributed by atoms with E-state index >= 15 is 0 Å². The predicted molar refractivity (Wildman–Crippen MR) is 389 cm³/mol. The zero-order valence-electron chi connectivity index (χ0n) is 54.5. The van der Waals surface area contributed by atoms with Crippen molar-refractivity contribution in [2.24, 2.45) is 0 Å². The summed E-state index contributed by atoms with van der Waals surface area (Å²) >= 11 is 0. The molecule has 2 N–H and O–H groups in total. The molecule has 0 heterocycles. The molecule has 94 heavy (non-hydrogen) atoms. The molecule has 0 atom stereocenters. The minimum absolute atomic E-state index is 0. The maximum atomic E-state index is 11.1. The molecule has 1 radical (unpaired) electrons. The Kier molecular flexibility index (Phi) is 33.7. The van der Waals surface area contributed by atoms with E-state index in [0.29, 0.717) is 26.3 Å². The molecule has 12 aromatic rings. The van der Waals surface area contributed by atoms with Gasteiger partial charge in [0.25, 0.3) is 0 Å². The van der Waals surface area contributed by atoms with Crippen LogP contribution in [0.4, 0.5) is 11.4 Å². The van der Waals surface area contributed by atoms with Gasteiger partial charge in [-0.2, -0.15) is 98.5 Å².